The molecule has 0 aliphatic heterocycles. The van der Waals surface area contributed by atoms with Gasteiger partial charge in [0.15, 0.2) is 0 Å². The molecule has 0 amide bonds. The van der Waals surface area contributed by atoms with Crippen molar-refractivity contribution >= 4 is 27.4 Å². The van der Waals surface area contributed by atoms with Crippen LogP contribution >= 0.6 is 21.8 Å². The van der Waals surface area contributed by atoms with Crippen LogP contribution in [0.3, 0.4) is 0 Å². The second-order valence-electron chi connectivity index (χ2n) is 3.21. The number of rotatable bonds is 2. The van der Waals surface area contributed by atoms with Crippen LogP contribution < -0.4 is 5.73 Å². The second kappa shape index (κ2) is 3.34. The molecule has 0 fully saturated rings. The first-order valence-corrected chi connectivity index (χ1v) is 9.49. The van der Waals surface area contributed by atoms with E-state index in [1.54, 1.807) is 0 Å². The summed E-state index contributed by atoms with van der Waals surface area (Å²) in [6, 6.07) is 0.364. The highest BCUT2D eigenvalue weighted by Gasteiger charge is 2.27. The predicted molar refractivity (Wildman–Crippen MR) is 54.6 cm³/mol. The Morgan fingerprint density at radius 2 is 1.67 bits per heavy atom. The van der Waals surface area contributed by atoms with Crippen molar-refractivity contribution in [3.63, 3.8) is 0 Å². The third-order valence-corrected chi connectivity index (χ3v) is 7.51. The summed E-state index contributed by atoms with van der Waals surface area (Å²) in [5.41, 5.74) is 5.49. The highest BCUT2D eigenvalue weighted by Crippen LogP contribution is 2.29. The number of hydrogen-bond acceptors (Lipinski definition) is 1. The van der Waals surface area contributed by atoms with Crippen LogP contribution in [-0.4, -0.2) is 11.6 Å². The third-order valence-electron chi connectivity index (χ3n) is 1.87. The summed E-state index contributed by atoms with van der Waals surface area (Å²) in [6.45, 7) is 9.05. The summed E-state index contributed by atoms with van der Waals surface area (Å²) < 4.78 is 0. The van der Waals surface area contributed by atoms with E-state index in [9.17, 15) is 0 Å². The van der Waals surface area contributed by atoms with Gasteiger partial charge in [0.05, 0.1) is 0 Å². The van der Waals surface area contributed by atoms with Crippen molar-refractivity contribution in [3.8, 4) is 0 Å². The summed E-state index contributed by atoms with van der Waals surface area (Å²) in [4.78, 5) is 0. The van der Waals surface area contributed by atoms with Crippen LogP contribution in [0.1, 0.15) is 13.8 Å². The van der Waals surface area contributed by atoms with Gasteiger partial charge in [-0.3, -0.25) is 0 Å². The van der Waals surface area contributed by atoms with Gasteiger partial charge in [0.2, 0.25) is 0 Å². The first kappa shape index (κ1) is 9.91. The molecule has 0 bridgehead atoms. The predicted octanol–water partition coefficient (Wildman–Crippen LogP) is 2.36. The summed E-state index contributed by atoms with van der Waals surface area (Å²) >= 11 is 2.58. The molecule has 0 heterocycles. The van der Waals surface area contributed by atoms with Crippen LogP contribution in [0.2, 0.25) is 18.6 Å². The largest absolute Gasteiger partial charge is 0.328 e. The van der Waals surface area contributed by atoms with Crippen LogP contribution in [0.25, 0.3) is 0 Å². The lowest BCUT2D eigenvalue weighted by Gasteiger charge is -2.25. The summed E-state index contributed by atoms with van der Waals surface area (Å²) in [5.74, 6) is 0. The summed E-state index contributed by atoms with van der Waals surface area (Å²) in [5, 5.41) is 0. The van der Waals surface area contributed by atoms with Gasteiger partial charge in [-0.1, -0.05) is 20.0 Å². The van der Waals surface area contributed by atoms with Gasteiger partial charge in [-0.25, -0.2) is 0 Å². The van der Waals surface area contributed by atoms with Gasteiger partial charge < -0.3 is 5.73 Å². The van der Waals surface area contributed by atoms with Crippen molar-refractivity contribution in [1.29, 1.82) is 0 Å². The molecule has 0 saturated heterocycles. The van der Waals surface area contributed by atoms with Gasteiger partial charge in [0, 0.05) is 6.04 Å². The fourth-order valence-corrected chi connectivity index (χ4v) is 3.58. The Morgan fingerprint density at radius 1 is 1.33 bits per heavy atom. The molecule has 9 heavy (non-hydrogen) atoms. The Balaban J connectivity index is 3.88. The second-order valence-corrected chi connectivity index (χ2v) is 15.6. The van der Waals surface area contributed by atoms with Gasteiger partial charge in [-0.05, 0) is 12.5 Å². The molecule has 1 nitrogen and oxygen atoms in total. The molecular formula is C6H16INSi. The molecule has 0 aromatic heterocycles. The Morgan fingerprint density at radius 3 is 1.67 bits per heavy atom. The molecule has 2 N–H and O–H groups in total. The van der Waals surface area contributed by atoms with Crippen LogP contribution in [0.5, 0.6) is 0 Å². The van der Waals surface area contributed by atoms with Crippen molar-refractivity contribution in [2.24, 2.45) is 5.73 Å². The van der Waals surface area contributed by atoms with Crippen molar-refractivity contribution in [1.82, 2.24) is 0 Å². The molecule has 0 aliphatic rings. The molecule has 0 aromatic carbocycles. The molecule has 2 atom stereocenters. The highest BCUT2D eigenvalue weighted by molar-refractivity contribution is 14.1. The Hall–Kier alpha value is 0.907. The smallest absolute Gasteiger partial charge is 0.123 e. The molecule has 0 rings (SSSR count). The zero-order valence-electron chi connectivity index (χ0n) is 6.61. The van der Waals surface area contributed by atoms with E-state index in [0.717, 1.165) is 5.54 Å². The van der Waals surface area contributed by atoms with E-state index in [4.69, 9.17) is 5.73 Å². The molecule has 0 aliphatic carbocycles. The zero-order valence-corrected chi connectivity index (χ0v) is 9.77. The van der Waals surface area contributed by atoms with Crippen LogP contribution in [0.4, 0.5) is 0 Å². The van der Waals surface area contributed by atoms with E-state index in [1.807, 2.05) is 0 Å². The lowest BCUT2D eigenvalue weighted by Crippen LogP contribution is -2.34. The molecule has 56 valence electrons. The molecule has 0 radical (unpaired) electrons. The van der Waals surface area contributed by atoms with Crippen molar-refractivity contribution in [3.05, 3.63) is 0 Å². The van der Waals surface area contributed by atoms with Gasteiger partial charge >= 0.3 is 0 Å². The lowest BCUT2D eigenvalue weighted by atomic mass is 10.3. The fraction of sp³-hybridized carbons (Fsp3) is 1.00. The number of hydrogen-bond donors (Lipinski definition) is 1. The van der Waals surface area contributed by atoms with Crippen LogP contribution in [0, 0.1) is 0 Å². The average Bonchev–Trinajstić information content (AvgIpc) is 1.62. The minimum Gasteiger partial charge on any atom is -0.328 e. The topological polar surface area (TPSA) is 26.0 Å². The van der Waals surface area contributed by atoms with Crippen molar-refractivity contribution in [2.75, 3.05) is 0 Å². The maximum absolute atomic E-state index is 5.75. The van der Waals surface area contributed by atoms with Gasteiger partial charge in [-0.2, -0.15) is 0 Å². The van der Waals surface area contributed by atoms with Gasteiger partial charge in [0.1, 0.15) is 5.57 Å². The van der Waals surface area contributed by atoms with Crippen LogP contribution in [0.15, 0.2) is 0 Å². The maximum atomic E-state index is 5.75. The van der Waals surface area contributed by atoms with Crippen molar-refractivity contribution in [2.45, 2.75) is 38.5 Å². The fourth-order valence-electron chi connectivity index (χ4n) is 0.625. The van der Waals surface area contributed by atoms with E-state index < -0.39 is 5.57 Å². The van der Waals surface area contributed by atoms with E-state index >= 15 is 0 Å². The quantitative estimate of drug-likeness (QED) is 0.458. The molecule has 3 heteroatoms. The molecular weight excluding hydrogens is 241 g/mol. The minimum atomic E-state index is -0.979. The Bertz CT molecular complexity index is 87.5. The van der Waals surface area contributed by atoms with Gasteiger partial charge in [0.25, 0.3) is 0 Å². The molecule has 0 saturated carbocycles. The van der Waals surface area contributed by atoms with E-state index in [2.05, 4.69) is 48.7 Å². The normalized spacial score (nSPS) is 19.3. The molecule has 2 unspecified atom stereocenters. The maximum Gasteiger partial charge on any atom is 0.123 e. The first-order valence-electron chi connectivity index (χ1n) is 3.30. The van der Waals surface area contributed by atoms with E-state index in [-0.39, 0.29) is 0 Å². The minimum absolute atomic E-state index is 0.364. The molecule has 0 spiro atoms. The van der Waals surface area contributed by atoms with E-state index in [0.29, 0.717) is 6.04 Å². The standard InChI is InChI=1S/C6H16INSi/c1-5(8)6(2)9(3,4)7/h5-6H,8H2,1-4H3. The SMILES string of the molecule is CC(N)C(C)[Si](C)(C)I. The molecule has 0 aromatic rings. The first-order chi connectivity index (χ1) is 3.85. The van der Waals surface area contributed by atoms with Crippen molar-refractivity contribution < 1.29 is 0 Å². The van der Waals surface area contributed by atoms with Gasteiger partial charge in [-0.15, -0.1) is 21.8 Å². The van der Waals surface area contributed by atoms with E-state index in [1.165, 1.54) is 0 Å². The zero-order chi connectivity index (χ0) is 7.65. The summed E-state index contributed by atoms with van der Waals surface area (Å²) in [7, 11) is 0. The number of nitrogens with two attached hydrogens (primary N) is 1. The summed E-state index contributed by atoms with van der Waals surface area (Å²) in [6.07, 6.45) is 0. The third kappa shape index (κ3) is 3.57. The highest BCUT2D eigenvalue weighted by atomic mass is 127. The lowest BCUT2D eigenvalue weighted by molar-refractivity contribution is 0.699. The number of halogens is 1. The average molecular weight is 257 g/mol. The Labute approximate surface area is 71.6 Å². The monoisotopic (exact) mass is 257 g/mol. The van der Waals surface area contributed by atoms with Crippen LogP contribution in [-0.2, 0) is 0 Å². The Kier molecular flexibility index (Phi) is 3.68.